The molecule has 3 heteroatoms. The molecule has 0 aliphatic carbocycles. The average Bonchev–Trinajstić information content (AvgIpc) is 2.61. The number of hydrogen-bond acceptors (Lipinski definition) is 2. The van der Waals surface area contributed by atoms with Gasteiger partial charge < -0.3 is 0 Å². The molecule has 0 bridgehead atoms. The number of hydrogen-bond donors (Lipinski definition) is 0. The Morgan fingerprint density at radius 2 is 1.00 bits per heavy atom. The van der Waals surface area contributed by atoms with Gasteiger partial charge in [-0.2, -0.15) is 0 Å². The van der Waals surface area contributed by atoms with Crippen LogP contribution in [0.4, 0.5) is 0 Å². The van der Waals surface area contributed by atoms with Crippen LogP contribution in [0.15, 0.2) is 72.8 Å². The number of aromatic nitrogens is 2. The first-order valence-corrected chi connectivity index (χ1v) is 14.6. The van der Waals surface area contributed by atoms with Gasteiger partial charge in [-0.05, 0) is 0 Å². The fourth-order valence-electron chi connectivity index (χ4n) is 2.62. The van der Waals surface area contributed by atoms with Crippen molar-refractivity contribution in [3.8, 4) is 0 Å². The molecule has 0 spiro atoms. The molecule has 0 saturated carbocycles. The van der Waals surface area contributed by atoms with E-state index in [-0.39, 0.29) is 0 Å². The zero-order chi connectivity index (χ0) is 15.9. The topological polar surface area (TPSA) is 25.8 Å². The number of fused-ring (bicyclic) bond motifs is 2. The quantitative estimate of drug-likeness (QED) is 0.436. The van der Waals surface area contributed by atoms with Crippen LogP contribution in [0.1, 0.15) is 0 Å². The summed E-state index contributed by atoms with van der Waals surface area (Å²) in [6.45, 7) is 0. The van der Waals surface area contributed by atoms with Gasteiger partial charge in [0.2, 0.25) is 0 Å². The van der Waals surface area contributed by atoms with Crippen molar-refractivity contribution in [2.24, 2.45) is 0 Å². The van der Waals surface area contributed by atoms with Gasteiger partial charge >= 0.3 is 139 Å². The SMILES string of the molecule is [CH3][Ir]([CH3])([c]1ccc2ccccc2n1)[c]1ccc2ccccc2n1. The minimum atomic E-state index is -2.50. The van der Waals surface area contributed by atoms with Crippen LogP contribution < -0.4 is 8.42 Å². The average molecular weight is 479 g/mol. The molecule has 0 saturated heterocycles. The van der Waals surface area contributed by atoms with Crippen LogP contribution in [0.5, 0.6) is 0 Å². The summed E-state index contributed by atoms with van der Waals surface area (Å²) in [6.07, 6.45) is 0. The zero-order valence-electron chi connectivity index (χ0n) is 13.2. The third-order valence-electron chi connectivity index (χ3n) is 3.96. The first-order chi connectivity index (χ1) is 11.1. The van der Waals surface area contributed by atoms with Crippen molar-refractivity contribution < 1.29 is 15.3 Å². The van der Waals surface area contributed by atoms with Crippen molar-refractivity contribution >= 4 is 30.2 Å². The summed E-state index contributed by atoms with van der Waals surface area (Å²) in [7, 11) is 0. The number of nitrogens with zero attached hydrogens (tertiary/aromatic N) is 2. The van der Waals surface area contributed by atoms with Gasteiger partial charge in [0.1, 0.15) is 0 Å². The molecule has 2 heterocycles. The summed E-state index contributed by atoms with van der Waals surface area (Å²) >= 11 is -2.50. The molecule has 2 aromatic carbocycles. The Morgan fingerprint density at radius 1 is 0.565 bits per heavy atom. The molecule has 2 aromatic heterocycles. The fraction of sp³-hybridized carbons (Fsp3) is 0.100. The molecule has 0 unspecified atom stereocenters. The monoisotopic (exact) mass is 479 g/mol. The van der Waals surface area contributed by atoms with Crippen molar-refractivity contribution in [3.05, 3.63) is 72.8 Å². The maximum absolute atomic E-state index is 4.95. The number of para-hydroxylation sites is 2. The van der Waals surface area contributed by atoms with E-state index in [2.05, 4.69) is 71.5 Å². The standard InChI is InChI=1S/2C9H6N.2CH3.Ir/c2*1-2-6-9-8(4-1)5-3-7-10-9;;;/h2*1-6H;2*1H3;. The van der Waals surface area contributed by atoms with Gasteiger partial charge in [0.25, 0.3) is 0 Å². The molecule has 0 atom stereocenters. The predicted molar refractivity (Wildman–Crippen MR) is 94.5 cm³/mol. The summed E-state index contributed by atoms with van der Waals surface area (Å²) in [5.74, 6) is 0. The second-order valence-corrected chi connectivity index (χ2v) is 15.9. The van der Waals surface area contributed by atoms with E-state index in [1.807, 2.05) is 12.1 Å². The molecular weight excluding hydrogens is 460 g/mol. The number of rotatable bonds is 2. The van der Waals surface area contributed by atoms with E-state index < -0.39 is 15.3 Å². The molecule has 117 valence electrons. The Balaban J connectivity index is 1.85. The van der Waals surface area contributed by atoms with Crippen LogP contribution in [0.25, 0.3) is 21.8 Å². The zero-order valence-corrected chi connectivity index (χ0v) is 15.6. The summed E-state index contributed by atoms with van der Waals surface area (Å²) < 4.78 is 2.46. The van der Waals surface area contributed by atoms with Gasteiger partial charge in [0, 0.05) is 0 Å². The second kappa shape index (κ2) is 5.52. The Kier molecular flexibility index (Phi) is 3.48. The summed E-state index contributed by atoms with van der Waals surface area (Å²) in [5, 5.41) is 2.39. The van der Waals surface area contributed by atoms with Crippen LogP contribution in [0.3, 0.4) is 0 Å². The minimum absolute atomic E-state index is 1.07. The Hall–Kier alpha value is -2.09. The second-order valence-electron chi connectivity index (χ2n) is 5.69. The molecule has 0 aliphatic rings. The maximum atomic E-state index is 4.95. The molecule has 4 rings (SSSR count). The van der Waals surface area contributed by atoms with E-state index in [0.29, 0.717) is 0 Å². The summed E-state index contributed by atoms with van der Waals surface area (Å²) in [4.78, 5) is 9.89. The van der Waals surface area contributed by atoms with Crippen LogP contribution in [0, 0.1) is 0 Å². The third-order valence-corrected chi connectivity index (χ3v) is 11.4. The van der Waals surface area contributed by atoms with E-state index in [4.69, 9.17) is 9.97 Å². The van der Waals surface area contributed by atoms with Gasteiger partial charge in [-0.15, -0.1) is 0 Å². The third kappa shape index (κ3) is 2.56. The molecular formula is C20H18IrN2. The Morgan fingerprint density at radius 3 is 1.48 bits per heavy atom. The molecule has 4 aromatic rings. The van der Waals surface area contributed by atoms with Gasteiger partial charge in [0.05, 0.1) is 0 Å². The van der Waals surface area contributed by atoms with Crippen LogP contribution in [-0.2, 0) is 15.3 Å². The van der Waals surface area contributed by atoms with E-state index >= 15 is 0 Å². The molecule has 0 N–H and O–H groups in total. The molecule has 0 fully saturated rings. The molecule has 23 heavy (non-hydrogen) atoms. The normalized spacial score (nSPS) is 12.6. The Labute approximate surface area is 139 Å². The predicted octanol–water partition coefficient (Wildman–Crippen LogP) is 3.98. The van der Waals surface area contributed by atoms with Crippen LogP contribution in [0.2, 0.25) is 10.9 Å². The van der Waals surface area contributed by atoms with E-state index in [1.165, 1.54) is 19.2 Å². The molecule has 0 amide bonds. The van der Waals surface area contributed by atoms with Gasteiger partial charge in [0.15, 0.2) is 0 Å². The van der Waals surface area contributed by atoms with Gasteiger partial charge in [-0.3, -0.25) is 0 Å². The van der Waals surface area contributed by atoms with E-state index in [0.717, 1.165) is 11.0 Å². The number of benzene rings is 2. The first kappa shape index (κ1) is 14.5. The van der Waals surface area contributed by atoms with E-state index in [9.17, 15) is 0 Å². The summed E-state index contributed by atoms with van der Waals surface area (Å²) in [5.41, 5.74) is 6.89. The van der Waals surface area contributed by atoms with Gasteiger partial charge in [-0.1, -0.05) is 0 Å². The first-order valence-electron chi connectivity index (χ1n) is 7.37. The fourth-order valence-corrected chi connectivity index (χ4v) is 7.56. The molecule has 2 nitrogen and oxygen atoms in total. The van der Waals surface area contributed by atoms with Crippen molar-refractivity contribution in [1.29, 1.82) is 0 Å². The van der Waals surface area contributed by atoms with Crippen molar-refractivity contribution in [2.75, 3.05) is 0 Å². The molecule has 0 radical (unpaired) electrons. The summed E-state index contributed by atoms with van der Waals surface area (Å²) in [6, 6.07) is 25.4. The van der Waals surface area contributed by atoms with Gasteiger partial charge in [-0.25, -0.2) is 0 Å². The van der Waals surface area contributed by atoms with Crippen molar-refractivity contribution in [3.63, 3.8) is 0 Å². The van der Waals surface area contributed by atoms with Crippen LogP contribution >= 0.6 is 0 Å². The molecule has 0 aliphatic heterocycles. The number of pyridine rings is 2. The van der Waals surface area contributed by atoms with E-state index in [1.54, 1.807) is 0 Å². The Bertz CT molecular complexity index is 927. The van der Waals surface area contributed by atoms with Crippen LogP contribution in [-0.4, -0.2) is 9.97 Å². The van der Waals surface area contributed by atoms with Crippen molar-refractivity contribution in [1.82, 2.24) is 9.97 Å². The van der Waals surface area contributed by atoms with Crippen molar-refractivity contribution in [2.45, 2.75) is 10.9 Å².